The fraction of sp³-hybridized carbons (Fsp3) is 0.348. The van der Waals surface area contributed by atoms with Gasteiger partial charge in [-0.05, 0) is 43.2 Å². The number of amides is 1. The molecule has 2 aromatic rings. The molecule has 0 radical (unpaired) electrons. The predicted octanol–water partition coefficient (Wildman–Crippen LogP) is 2.90. The number of hydrogen-bond acceptors (Lipinski definition) is 6. The first-order valence-corrected chi connectivity index (χ1v) is 10.2. The summed E-state index contributed by atoms with van der Waals surface area (Å²) < 4.78 is 17.2. The smallest absolute Gasteiger partial charge is 0.254 e. The zero-order valence-electron chi connectivity index (χ0n) is 16.9. The van der Waals surface area contributed by atoms with E-state index in [1.807, 2.05) is 17.0 Å². The Labute approximate surface area is 176 Å². The fourth-order valence-corrected chi connectivity index (χ4v) is 3.96. The van der Waals surface area contributed by atoms with Crippen LogP contribution < -0.4 is 25.7 Å². The van der Waals surface area contributed by atoms with Crippen LogP contribution in [0.25, 0.3) is 5.70 Å². The molecule has 0 spiro atoms. The summed E-state index contributed by atoms with van der Waals surface area (Å²) in [4.78, 5) is 14.9. The van der Waals surface area contributed by atoms with Crippen molar-refractivity contribution in [3.05, 3.63) is 54.1 Å². The van der Waals surface area contributed by atoms with Crippen LogP contribution in [0.2, 0.25) is 0 Å². The number of carbonyl (C=O) groups excluding carboxylic acids is 1. The second-order valence-corrected chi connectivity index (χ2v) is 7.67. The van der Waals surface area contributed by atoms with E-state index in [1.165, 1.54) is 0 Å². The average molecular weight is 409 g/mol. The molecular weight excluding hydrogens is 382 g/mol. The maximum Gasteiger partial charge on any atom is 0.254 e. The molecule has 0 unspecified atom stereocenters. The minimum Gasteiger partial charge on any atom is -0.492 e. The van der Waals surface area contributed by atoms with Crippen molar-refractivity contribution < 1.29 is 19.0 Å². The molecule has 2 aromatic carbocycles. The van der Waals surface area contributed by atoms with Gasteiger partial charge in [0.2, 0.25) is 0 Å². The molecule has 0 aromatic heterocycles. The van der Waals surface area contributed by atoms with Crippen molar-refractivity contribution in [3.8, 4) is 17.2 Å². The van der Waals surface area contributed by atoms with Gasteiger partial charge in [-0.3, -0.25) is 4.79 Å². The van der Waals surface area contributed by atoms with Gasteiger partial charge in [0.1, 0.15) is 19.0 Å². The van der Waals surface area contributed by atoms with Crippen molar-refractivity contribution >= 4 is 17.3 Å². The highest BCUT2D eigenvalue weighted by Gasteiger charge is 2.26. The normalized spacial score (nSPS) is 18.0. The predicted molar refractivity (Wildman–Crippen MR) is 116 cm³/mol. The molecule has 2 heterocycles. The molecule has 158 valence electrons. The van der Waals surface area contributed by atoms with Gasteiger partial charge in [0.15, 0.2) is 11.5 Å². The third-order valence-electron chi connectivity index (χ3n) is 5.45. The summed E-state index contributed by atoms with van der Waals surface area (Å²) in [5.74, 6) is 2.15. The standard InChI is InChI=1S/C23H27N3O4/c1-15(24)22-18(25)5-2-6-20(22)30-14-16-4-3-9-26(13-16)23(27)17-7-8-19-21(12-17)29-11-10-28-19/h2,5-8,12,16H,1,3-4,9-11,13-14,24-25H2/t16-/m0/s1. The molecule has 7 nitrogen and oxygen atoms in total. The second kappa shape index (κ2) is 8.57. The molecule has 0 aliphatic carbocycles. The topological polar surface area (TPSA) is 100 Å². The number of nitrogen functional groups attached to an aromatic ring is 1. The van der Waals surface area contributed by atoms with Crippen LogP contribution in [0.15, 0.2) is 43.0 Å². The number of piperidine rings is 1. The summed E-state index contributed by atoms with van der Waals surface area (Å²) >= 11 is 0. The van der Waals surface area contributed by atoms with Gasteiger partial charge in [0, 0.05) is 36.0 Å². The van der Waals surface area contributed by atoms with Gasteiger partial charge in [-0.15, -0.1) is 0 Å². The quantitative estimate of drug-likeness (QED) is 0.737. The van der Waals surface area contributed by atoms with Gasteiger partial charge in [-0.25, -0.2) is 0 Å². The Morgan fingerprint density at radius 2 is 2.00 bits per heavy atom. The molecule has 1 saturated heterocycles. The van der Waals surface area contributed by atoms with Gasteiger partial charge >= 0.3 is 0 Å². The Kier molecular flexibility index (Phi) is 5.70. The lowest BCUT2D eigenvalue weighted by atomic mass is 9.98. The average Bonchev–Trinajstić information content (AvgIpc) is 2.76. The molecule has 4 rings (SSSR count). The zero-order chi connectivity index (χ0) is 21.1. The van der Waals surface area contributed by atoms with Crippen LogP contribution >= 0.6 is 0 Å². The maximum absolute atomic E-state index is 13.0. The Hall–Kier alpha value is -3.35. The summed E-state index contributed by atoms with van der Waals surface area (Å²) in [6, 6.07) is 10.8. The number of nitrogens with zero attached hydrogens (tertiary/aromatic N) is 1. The monoisotopic (exact) mass is 409 g/mol. The van der Waals surface area contributed by atoms with E-state index in [-0.39, 0.29) is 11.8 Å². The molecule has 0 saturated carbocycles. The number of benzene rings is 2. The molecule has 1 fully saturated rings. The first-order valence-electron chi connectivity index (χ1n) is 10.2. The fourth-order valence-electron chi connectivity index (χ4n) is 3.96. The Morgan fingerprint density at radius 3 is 2.80 bits per heavy atom. The van der Waals surface area contributed by atoms with E-state index in [1.54, 1.807) is 24.3 Å². The molecule has 0 bridgehead atoms. The molecule has 1 amide bonds. The first-order chi connectivity index (χ1) is 14.5. The number of nitrogens with two attached hydrogens (primary N) is 2. The first kappa shape index (κ1) is 19.9. The van der Waals surface area contributed by atoms with Crippen molar-refractivity contribution in [2.24, 2.45) is 11.7 Å². The number of anilines is 1. The van der Waals surface area contributed by atoms with E-state index in [4.69, 9.17) is 25.7 Å². The van der Waals surface area contributed by atoms with E-state index in [2.05, 4.69) is 6.58 Å². The molecule has 4 N–H and O–H groups in total. The molecule has 2 aliphatic heterocycles. The molecule has 1 atom stereocenters. The van der Waals surface area contributed by atoms with Crippen LogP contribution in [0.4, 0.5) is 5.69 Å². The highest BCUT2D eigenvalue weighted by atomic mass is 16.6. The van der Waals surface area contributed by atoms with E-state index in [9.17, 15) is 4.79 Å². The highest BCUT2D eigenvalue weighted by molar-refractivity contribution is 5.95. The number of fused-ring (bicyclic) bond motifs is 1. The molecule has 2 aliphatic rings. The second-order valence-electron chi connectivity index (χ2n) is 7.67. The van der Waals surface area contributed by atoms with Crippen molar-refractivity contribution in [2.45, 2.75) is 12.8 Å². The Balaban J connectivity index is 1.41. The van der Waals surface area contributed by atoms with Crippen LogP contribution in [0.1, 0.15) is 28.8 Å². The lowest BCUT2D eigenvalue weighted by Gasteiger charge is -2.33. The summed E-state index contributed by atoms with van der Waals surface area (Å²) in [7, 11) is 0. The maximum atomic E-state index is 13.0. The van der Waals surface area contributed by atoms with Crippen molar-refractivity contribution in [2.75, 3.05) is 38.6 Å². The van der Waals surface area contributed by atoms with Crippen molar-refractivity contribution in [1.29, 1.82) is 0 Å². The van der Waals surface area contributed by atoms with Gasteiger partial charge in [0.05, 0.1) is 12.2 Å². The number of likely N-dealkylation sites (tertiary alicyclic amines) is 1. The molecular formula is C23H27N3O4. The lowest BCUT2D eigenvalue weighted by molar-refractivity contribution is 0.0632. The summed E-state index contributed by atoms with van der Waals surface area (Å²) in [5, 5.41) is 0. The molecule has 30 heavy (non-hydrogen) atoms. The summed E-state index contributed by atoms with van der Waals surface area (Å²) in [5.41, 5.74) is 14.0. The van der Waals surface area contributed by atoms with Gasteiger partial charge in [-0.1, -0.05) is 12.6 Å². The number of carbonyl (C=O) groups is 1. The van der Waals surface area contributed by atoms with Crippen molar-refractivity contribution in [3.63, 3.8) is 0 Å². The van der Waals surface area contributed by atoms with Gasteiger partial charge in [0.25, 0.3) is 5.91 Å². The van der Waals surface area contributed by atoms with E-state index in [0.29, 0.717) is 66.1 Å². The lowest BCUT2D eigenvalue weighted by Crippen LogP contribution is -2.41. The van der Waals surface area contributed by atoms with Crippen LogP contribution in [-0.4, -0.2) is 43.7 Å². The van der Waals surface area contributed by atoms with Gasteiger partial charge in [-0.2, -0.15) is 0 Å². The Bertz CT molecular complexity index is 959. The third-order valence-corrected chi connectivity index (χ3v) is 5.45. The van der Waals surface area contributed by atoms with Crippen molar-refractivity contribution in [1.82, 2.24) is 4.90 Å². The van der Waals surface area contributed by atoms with E-state index >= 15 is 0 Å². The Morgan fingerprint density at radius 1 is 1.20 bits per heavy atom. The number of rotatable bonds is 5. The van der Waals surface area contributed by atoms with E-state index < -0.39 is 0 Å². The van der Waals surface area contributed by atoms with E-state index in [0.717, 1.165) is 19.4 Å². The highest BCUT2D eigenvalue weighted by Crippen LogP contribution is 2.32. The number of hydrogen-bond donors (Lipinski definition) is 2. The largest absolute Gasteiger partial charge is 0.492 e. The number of ether oxygens (including phenoxy) is 3. The van der Waals surface area contributed by atoms with Crippen LogP contribution in [0.5, 0.6) is 17.2 Å². The zero-order valence-corrected chi connectivity index (χ0v) is 16.9. The minimum absolute atomic E-state index is 0.00310. The third kappa shape index (κ3) is 4.15. The molecule has 7 heteroatoms. The SMILES string of the molecule is C=C(N)c1c(N)cccc1OC[C@H]1CCCN(C(=O)c2ccc3c(c2)OCCO3)C1. The van der Waals surface area contributed by atoms with Crippen LogP contribution in [0.3, 0.4) is 0 Å². The van der Waals surface area contributed by atoms with Crippen LogP contribution in [-0.2, 0) is 0 Å². The van der Waals surface area contributed by atoms with Gasteiger partial charge < -0.3 is 30.6 Å². The summed E-state index contributed by atoms with van der Waals surface area (Å²) in [6.45, 7) is 6.65. The van der Waals surface area contributed by atoms with Crippen LogP contribution in [0, 0.1) is 5.92 Å². The summed E-state index contributed by atoms with van der Waals surface area (Å²) in [6.07, 6.45) is 1.92. The minimum atomic E-state index is -0.00310.